The van der Waals surface area contributed by atoms with Gasteiger partial charge in [-0.05, 0) is 17.4 Å². The molecule has 0 spiro atoms. The SMILES string of the molecule is CC(C)Cn1c(SCc2noc(-c3cccs3)n2)nnc1N1CCOCC1. The zero-order valence-electron chi connectivity index (χ0n) is 15.4. The van der Waals surface area contributed by atoms with E-state index in [0.717, 1.165) is 48.8 Å². The molecular weight excluding hydrogens is 384 g/mol. The van der Waals surface area contributed by atoms with E-state index in [-0.39, 0.29) is 0 Å². The Balaban J connectivity index is 1.48. The minimum atomic E-state index is 0.496. The standard InChI is InChI=1S/C17H22N6O2S2/c1-12(2)10-23-16(22-5-7-24-8-6-22)19-20-17(23)27-11-14-18-15(25-21-14)13-4-3-9-26-13/h3-4,9,12H,5-8,10-11H2,1-2H3. The quantitative estimate of drug-likeness (QED) is 0.553. The Morgan fingerprint density at radius 3 is 2.85 bits per heavy atom. The summed E-state index contributed by atoms with van der Waals surface area (Å²) in [6.07, 6.45) is 0. The van der Waals surface area contributed by atoms with Crippen LogP contribution in [0.15, 0.2) is 27.2 Å². The summed E-state index contributed by atoms with van der Waals surface area (Å²) in [7, 11) is 0. The van der Waals surface area contributed by atoms with Gasteiger partial charge in [0.2, 0.25) is 5.95 Å². The Hall–Kier alpha value is -1.91. The van der Waals surface area contributed by atoms with E-state index in [1.165, 1.54) is 0 Å². The van der Waals surface area contributed by atoms with Crippen molar-refractivity contribution >= 4 is 29.0 Å². The van der Waals surface area contributed by atoms with Crippen LogP contribution in [0.1, 0.15) is 19.7 Å². The summed E-state index contributed by atoms with van der Waals surface area (Å²) in [6.45, 7) is 8.41. The minimum Gasteiger partial charge on any atom is -0.378 e. The summed E-state index contributed by atoms with van der Waals surface area (Å²) in [4.78, 5) is 7.71. The number of anilines is 1. The molecule has 4 heterocycles. The molecule has 3 aromatic rings. The highest BCUT2D eigenvalue weighted by molar-refractivity contribution is 7.98. The van der Waals surface area contributed by atoms with Crippen molar-refractivity contribution in [3.8, 4) is 10.8 Å². The molecule has 0 amide bonds. The lowest BCUT2D eigenvalue weighted by atomic mass is 10.2. The van der Waals surface area contributed by atoms with Crippen molar-refractivity contribution in [1.29, 1.82) is 0 Å². The lowest BCUT2D eigenvalue weighted by molar-refractivity contribution is 0.121. The average Bonchev–Trinajstić information content (AvgIpc) is 3.41. The molecule has 0 aromatic carbocycles. The fraction of sp³-hybridized carbons (Fsp3) is 0.529. The Kier molecular flexibility index (Phi) is 5.74. The average molecular weight is 407 g/mol. The predicted octanol–water partition coefficient (Wildman–Crippen LogP) is 3.17. The first kappa shape index (κ1) is 18.5. The first-order chi connectivity index (χ1) is 13.2. The van der Waals surface area contributed by atoms with Crippen LogP contribution in [0.3, 0.4) is 0 Å². The van der Waals surface area contributed by atoms with Crippen molar-refractivity contribution in [3.63, 3.8) is 0 Å². The van der Waals surface area contributed by atoms with Gasteiger partial charge in [0, 0.05) is 19.6 Å². The molecule has 27 heavy (non-hydrogen) atoms. The second kappa shape index (κ2) is 8.41. The molecule has 0 aliphatic carbocycles. The zero-order chi connectivity index (χ0) is 18.6. The van der Waals surface area contributed by atoms with E-state index >= 15 is 0 Å². The third-order valence-corrected chi connectivity index (χ3v) is 5.89. The van der Waals surface area contributed by atoms with E-state index in [9.17, 15) is 0 Å². The van der Waals surface area contributed by atoms with Crippen LogP contribution < -0.4 is 4.90 Å². The second-order valence-corrected chi connectivity index (χ2v) is 8.56. The highest BCUT2D eigenvalue weighted by Crippen LogP contribution is 2.28. The van der Waals surface area contributed by atoms with Gasteiger partial charge in [-0.3, -0.25) is 4.57 Å². The number of ether oxygens (including phenoxy) is 1. The first-order valence-corrected chi connectivity index (χ1v) is 10.8. The lowest BCUT2D eigenvalue weighted by Gasteiger charge is -2.28. The monoisotopic (exact) mass is 406 g/mol. The Morgan fingerprint density at radius 1 is 1.26 bits per heavy atom. The highest BCUT2D eigenvalue weighted by atomic mass is 32.2. The third-order valence-electron chi connectivity index (χ3n) is 4.07. The number of aromatic nitrogens is 5. The fourth-order valence-electron chi connectivity index (χ4n) is 2.85. The van der Waals surface area contributed by atoms with Crippen LogP contribution in [0.5, 0.6) is 0 Å². The molecule has 10 heteroatoms. The molecule has 0 atom stereocenters. The number of nitrogens with zero attached hydrogens (tertiary/aromatic N) is 6. The number of rotatable bonds is 7. The third kappa shape index (κ3) is 4.33. The zero-order valence-corrected chi connectivity index (χ0v) is 17.0. The van der Waals surface area contributed by atoms with Crippen LogP contribution in [0.4, 0.5) is 5.95 Å². The Bertz CT molecular complexity index is 855. The van der Waals surface area contributed by atoms with Crippen molar-refractivity contribution < 1.29 is 9.26 Å². The van der Waals surface area contributed by atoms with Crippen LogP contribution in [-0.2, 0) is 17.0 Å². The van der Waals surface area contributed by atoms with Crippen LogP contribution in [-0.4, -0.2) is 51.2 Å². The molecule has 1 aliphatic heterocycles. The van der Waals surface area contributed by atoms with Gasteiger partial charge in [0.1, 0.15) is 0 Å². The van der Waals surface area contributed by atoms with Crippen LogP contribution in [0, 0.1) is 5.92 Å². The van der Waals surface area contributed by atoms with Crippen molar-refractivity contribution in [2.75, 3.05) is 31.2 Å². The predicted molar refractivity (Wildman–Crippen MR) is 105 cm³/mol. The minimum absolute atomic E-state index is 0.496. The van der Waals surface area contributed by atoms with Crippen LogP contribution >= 0.6 is 23.1 Å². The molecule has 0 saturated carbocycles. The molecule has 144 valence electrons. The number of morpholine rings is 1. The van der Waals surface area contributed by atoms with E-state index in [4.69, 9.17) is 9.26 Å². The van der Waals surface area contributed by atoms with E-state index < -0.39 is 0 Å². The molecule has 0 unspecified atom stereocenters. The number of thiophene rings is 1. The smallest absolute Gasteiger partial charge is 0.268 e. The first-order valence-electron chi connectivity index (χ1n) is 8.96. The van der Waals surface area contributed by atoms with Gasteiger partial charge < -0.3 is 14.2 Å². The molecule has 1 saturated heterocycles. The summed E-state index contributed by atoms with van der Waals surface area (Å²) in [5.41, 5.74) is 0. The molecule has 1 aliphatic rings. The molecule has 0 N–H and O–H groups in total. The highest BCUT2D eigenvalue weighted by Gasteiger charge is 2.21. The summed E-state index contributed by atoms with van der Waals surface area (Å²) >= 11 is 3.17. The van der Waals surface area contributed by atoms with Gasteiger partial charge in [-0.1, -0.05) is 36.8 Å². The Morgan fingerprint density at radius 2 is 2.11 bits per heavy atom. The largest absolute Gasteiger partial charge is 0.378 e. The van der Waals surface area contributed by atoms with Gasteiger partial charge in [0.05, 0.1) is 23.8 Å². The maximum Gasteiger partial charge on any atom is 0.268 e. The summed E-state index contributed by atoms with van der Waals surface area (Å²) in [6, 6.07) is 3.95. The van der Waals surface area contributed by atoms with Crippen molar-refractivity contribution in [2.45, 2.75) is 31.3 Å². The molecule has 1 fully saturated rings. The molecule has 0 bridgehead atoms. The van der Waals surface area contributed by atoms with Gasteiger partial charge in [0.15, 0.2) is 11.0 Å². The molecule has 3 aromatic heterocycles. The van der Waals surface area contributed by atoms with Crippen molar-refractivity contribution in [2.24, 2.45) is 5.92 Å². The second-order valence-electron chi connectivity index (χ2n) is 6.67. The summed E-state index contributed by atoms with van der Waals surface area (Å²) in [5, 5.41) is 15.8. The number of hydrogen-bond donors (Lipinski definition) is 0. The number of hydrogen-bond acceptors (Lipinski definition) is 9. The van der Waals surface area contributed by atoms with Crippen molar-refractivity contribution in [3.05, 3.63) is 23.3 Å². The topological polar surface area (TPSA) is 82.1 Å². The van der Waals surface area contributed by atoms with Gasteiger partial charge in [0.25, 0.3) is 5.89 Å². The maximum atomic E-state index is 5.46. The summed E-state index contributed by atoms with van der Waals surface area (Å²) in [5.74, 6) is 3.24. The summed E-state index contributed by atoms with van der Waals surface area (Å²) < 4.78 is 13.0. The van der Waals surface area contributed by atoms with E-state index in [1.54, 1.807) is 23.1 Å². The van der Waals surface area contributed by atoms with Gasteiger partial charge >= 0.3 is 0 Å². The maximum absolute atomic E-state index is 5.46. The number of thioether (sulfide) groups is 1. The molecule has 4 rings (SSSR count). The van der Waals surface area contributed by atoms with E-state index in [1.807, 2.05) is 17.5 Å². The van der Waals surface area contributed by atoms with Gasteiger partial charge in [-0.15, -0.1) is 21.5 Å². The van der Waals surface area contributed by atoms with Crippen LogP contribution in [0.25, 0.3) is 10.8 Å². The lowest BCUT2D eigenvalue weighted by Crippen LogP contribution is -2.38. The Labute approximate surface area is 165 Å². The van der Waals surface area contributed by atoms with Gasteiger partial charge in [-0.25, -0.2) is 0 Å². The van der Waals surface area contributed by atoms with Crippen LogP contribution in [0.2, 0.25) is 0 Å². The fourth-order valence-corrected chi connectivity index (χ4v) is 4.28. The normalized spacial score (nSPS) is 15.0. The molecular formula is C17H22N6O2S2. The van der Waals surface area contributed by atoms with Crippen molar-refractivity contribution in [1.82, 2.24) is 24.9 Å². The van der Waals surface area contributed by atoms with E-state index in [2.05, 4.69) is 43.7 Å². The molecule has 0 radical (unpaired) electrons. The van der Waals surface area contributed by atoms with E-state index in [0.29, 0.717) is 23.4 Å². The molecule has 8 nitrogen and oxygen atoms in total. The van der Waals surface area contributed by atoms with Gasteiger partial charge in [-0.2, -0.15) is 4.98 Å².